The van der Waals surface area contributed by atoms with Crippen LogP contribution in [0.3, 0.4) is 0 Å². The number of nitrogens with zero attached hydrogens (tertiary/aromatic N) is 1. The highest BCUT2D eigenvalue weighted by Gasteiger charge is 2.18. The van der Waals surface area contributed by atoms with Crippen molar-refractivity contribution in [2.75, 3.05) is 11.9 Å². The van der Waals surface area contributed by atoms with E-state index >= 15 is 0 Å². The van der Waals surface area contributed by atoms with Crippen LogP contribution in [-0.2, 0) is 40.2 Å². The van der Waals surface area contributed by atoms with E-state index in [1.807, 2.05) is 43.3 Å². The molecule has 0 unspecified atom stereocenters. The van der Waals surface area contributed by atoms with Crippen molar-refractivity contribution in [2.24, 2.45) is 0 Å². The van der Waals surface area contributed by atoms with E-state index in [2.05, 4.69) is 10.3 Å². The molecule has 5 rings (SSSR count). The second kappa shape index (κ2) is 10.3. The molecule has 7 nitrogen and oxygen atoms in total. The van der Waals surface area contributed by atoms with Gasteiger partial charge in [-0.3, -0.25) is 4.79 Å². The molecule has 0 bridgehead atoms. The van der Waals surface area contributed by atoms with Crippen molar-refractivity contribution in [3.8, 4) is 5.75 Å². The molecule has 2 aromatic carbocycles. The number of furan rings is 1. The Labute approximate surface area is 207 Å². The maximum absolute atomic E-state index is 12.3. The number of carbonyl (C=O) groups excluding carboxylic acids is 2. The van der Waals surface area contributed by atoms with Gasteiger partial charge in [-0.15, -0.1) is 11.3 Å². The van der Waals surface area contributed by atoms with Crippen LogP contribution < -0.4 is 10.1 Å². The second-order valence-electron chi connectivity index (χ2n) is 8.59. The maximum Gasteiger partial charge on any atom is 0.344 e. The Kier molecular flexibility index (Phi) is 6.81. The van der Waals surface area contributed by atoms with Crippen LogP contribution in [0.4, 0.5) is 5.69 Å². The van der Waals surface area contributed by atoms with Gasteiger partial charge in [0.2, 0.25) is 5.91 Å². The second-order valence-corrected chi connectivity index (χ2v) is 9.53. The quantitative estimate of drug-likeness (QED) is 0.334. The summed E-state index contributed by atoms with van der Waals surface area (Å²) in [6.45, 7) is 1.78. The molecule has 0 atom stereocenters. The zero-order valence-electron chi connectivity index (χ0n) is 19.5. The Morgan fingerprint density at radius 2 is 2.00 bits per heavy atom. The molecular weight excluding hydrogens is 464 g/mol. The van der Waals surface area contributed by atoms with Crippen LogP contribution in [0.5, 0.6) is 5.75 Å². The minimum absolute atomic E-state index is 0.0341. The zero-order valence-corrected chi connectivity index (χ0v) is 20.3. The zero-order chi connectivity index (χ0) is 24.2. The minimum atomic E-state index is -0.480. The number of hydrogen-bond donors (Lipinski definition) is 1. The van der Waals surface area contributed by atoms with Crippen LogP contribution in [-0.4, -0.2) is 23.5 Å². The minimum Gasteiger partial charge on any atom is -0.482 e. The van der Waals surface area contributed by atoms with E-state index in [-0.39, 0.29) is 25.5 Å². The van der Waals surface area contributed by atoms with Crippen LogP contribution >= 0.6 is 11.3 Å². The number of amides is 1. The molecular formula is C27H26N2O5S. The number of aromatic nitrogens is 1. The number of esters is 1. The van der Waals surface area contributed by atoms with Gasteiger partial charge < -0.3 is 19.2 Å². The molecule has 35 heavy (non-hydrogen) atoms. The first-order valence-electron chi connectivity index (χ1n) is 11.7. The fourth-order valence-electron chi connectivity index (χ4n) is 4.21. The summed E-state index contributed by atoms with van der Waals surface area (Å²) in [5.41, 5.74) is 4.51. The summed E-state index contributed by atoms with van der Waals surface area (Å²) >= 11 is 1.36. The van der Waals surface area contributed by atoms with E-state index in [4.69, 9.17) is 13.9 Å². The van der Waals surface area contributed by atoms with Crippen LogP contribution in [0, 0.1) is 6.92 Å². The normalized spacial score (nSPS) is 12.8. The maximum atomic E-state index is 12.3. The van der Waals surface area contributed by atoms with Gasteiger partial charge in [0.25, 0.3) is 0 Å². The first-order valence-corrected chi connectivity index (χ1v) is 12.5. The van der Waals surface area contributed by atoms with Crippen molar-refractivity contribution in [3.05, 3.63) is 75.4 Å². The molecule has 2 heterocycles. The highest BCUT2D eigenvalue weighted by atomic mass is 32.1. The number of anilines is 1. The molecule has 1 N–H and O–H groups in total. The Hall–Kier alpha value is -3.65. The van der Waals surface area contributed by atoms with Crippen molar-refractivity contribution in [2.45, 2.75) is 45.6 Å². The molecule has 1 aliphatic rings. The van der Waals surface area contributed by atoms with Gasteiger partial charge >= 0.3 is 5.97 Å². The van der Waals surface area contributed by atoms with Crippen molar-refractivity contribution in [1.29, 1.82) is 0 Å². The van der Waals surface area contributed by atoms with Gasteiger partial charge in [0.05, 0.1) is 12.1 Å². The summed E-state index contributed by atoms with van der Waals surface area (Å²) in [6, 6.07) is 13.2. The SMILES string of the molecule is Cc1ccccc1NC(=O)Cc1nc(COC(=O)COc2ccc3oc4c(c3c2)CCCC4)cs1. The standard InChI is InChI=1S/C27H26N2O5S/c1-17-6-2-4-8-22(17)29-25(30)13-26-28-18(16-35-26)14-33-27(31)15-32-19-10-11-24-21(12-19)20-7-3-5-9-23(20)34-24/h2,4,6,8,10-12,16H,3,5,7,9,13-15H2,1H3,(H,29,30). The lowest BCUT2D eigenvalue weighted by Crippen LogP contribution is -2.15. The summed E-state index contributed by atoms with van der Waals surface area (Å²) < 4.78 is 16.9. The van der Waals surface area contributed by atoms with E-state index < -0.39 is 5.97 Å². The van der Waals surface area contributed by atoms with Crippen LogP contribution in [0.1, 0.15) is 40.4 Å². The van der Waals surface area contributed by atoms with Crippen molar-refractivity contribution in [1.82, 2.24) is 4.98 Å². The molecule has 8 heteroatoms. The third-order valence-electron chi connectivity index (χ3n) is 5.99. The van der Waals surface area contributed by atoms with Gasteiger partial charge in [0, 0.05) is 28.4 Å². The van der Waals surface area contributed by atoms with Gasteiger partial charge in [-0.25, -0.2) is 9.78 Å². The molecule has 0 spiro atoms. The number of rotatable bonds is 8. The van der Waals surface area contributed by atoms with Crippen LogP contribution in [0.15, 0.2) is 52.3 Å². The predicted molar refractivity (Wildman–Crippen MR) is 134 cm³/mol. The third-order valence-corrected chi connectivity index (χ3v) is 6.89. The number of aryl methyl sites for hydroxylation is 3. The van der Waals surface area contributed by atoms with E-state index in [0.29, 0.717) is 16.5 Å². The topological polar surface area (TPSA) is 90.7 Å². The average molecular weight is 491 g/mol. The molecule has 0 fully saturated rings. The predicted octanol–water partition coefficient (Wildman–Crippen LogP) is 5.38. The summed E-state index contributed by atoms with van der Waals surface area (Å²) in [5, 5.41) is 6.41. The molecule has 1 amide bonds. The van der Waals surface area contributed by atoms with E-state index in [1.54, 1.807) is 11.4 Å². The molecule has 2 aromatic heterocycles. The van der Waals surface area contributed by atoms with Crippen molar-refractivity contribution in [3.63, 3.8) is 0 Å². The van der Waals surface area contributed by atoms with Gasteiger partial charge in [-0.1, -0.05) is 18.2 Å². The molecule has 0 saturated carbocycles. The number of nitrogens with one attached hydrogen (secondary N) is 1. The first kappa shape index (κ1) is 23.1. The Bertz CT molecular complexity index is 1370. The van der Waals surface area contributed by atoms with Crippen molar-refractivity contribution >= 4 is 39.9 Å². The lowest BCUT2D eigenvalue weighted by Gasteiger charge is -2.09. The van der Waals surface area contributed by atoms with E-state index in [9.17, 15) is 9.59 Å². The van der Waals surface area contributed by atoms with Gasteiger partial charge in [0.1, 0.15) is 28.7 Å². The monoisotopic (exact) mass is 490 g/mol. The number of carbonyl (C=O) groups is 2. The summed E-state index contributed by atoms with van der Waals surface area (Å²) in [5.74, 6) is 1.06. The lowest BCUT2D eigenvalue weighted by molar-refractivity contribution is -0.147. The van der Waals surface area contributed by atoms with Crippen LogP contribution in [0.2, 0.25) is 0 Å². The molecule has 0 aliphatic heterocycles. The Morgan fingerprint density at radius 1 is 1.14 bits per heavy atom. The molecule has 4 aromatic rings. The van der Waals surface area contributed by atoms with Gasteiger partial charge in [-0.05, 0) is 56.0 Å². The largest absolute Gasteiger partial charge is 0.482 e. The first-order chi connectivity index (χ1) is 17.0. The fourth-order valence-corrected chi connectivity index (χ4v) is 4.99. The summed E-state index contributed by atoms with van der Waals surface area (Å²) in [7, 11) is 0. The summed E-state index contributed by atoms with van der Waals surface area (Å²) in [4.78, 5) is 28.9. The number of fused-ring (bicyclic) bond motifs is 3. The van der Waals surface area contributed by atoms with Gasteiger partial charge in [-0.2, -0.15) is 0 Å². The number of ether oxygens (including phenoxy) is 2. The van der Waals surface area contributed by atoms with Gasteiger partial charge in [0.15, 0.2) is 6.61 Å². The van der Waals surface area contributed by atoms with Crippen LogP contribution in [0.25, 0.3) is 11.0 Å². The smallest absolute Gasteiger partial charge is 0.344 e. The number of thiazole rings is 1. The highest BCUT2D eigenvalue weighted by Crippen LogP contribution is 2.34. The number of benzene rings is 2. The molecule has 180 valence electrons. The fraction of sp³-hybridized carbons (Fsp3) is 0.296. The molecule has 0 radical (unpaired) electrons. The number of hydrogen-bond acceptors (Lipinski definition) is 7. The third kappa shape index (κ3) is 5.54. The average Bonchev–Trinajstić information content (AvgIpc) is 3.46. The summed E-state index contributed by atoms with van der Waals surface area (Å²) in [6.07, 6.45) is 4.47. The van der Waals surface area contributed by atoms with Crippen molar-refractivity contribution < 1.29 is 23.5 Å². The van der Waals surface area contributed by atoms with E-state index in [0.717, 1.165) is 53.7 Å². The molecule has 0 saturated heterocycles. The highest BCUT2D eigenvalue weighted by molar-refractivity contribution is 7.09. The molecule has 1 aliphatic carbocycles. The lowest BCUT2D eigenvalue weighted by atomic mass is 9.96. The Balaban J connectivity index is 1.10. The van der Waals surface area contributed by atoms with E-state index in [1.165, 1.54) is 16.9 Å². The Morgan fingerprint density at radius 3 is 2.89 bits per heavy atom. The number of para-hydroxylation sites is 1.